The molecular weight excluding hydrogens is 375 g/mol. The summed E-state index contributed by atoms with van der Waals surface area (Å²) in [5.41, 5.74) is 0.314. The first-order valence-electron chi connectivity index (χ1n) is 8.55. The Bertz CT molecular complexity index is 1240. The molecule has 0 atom stereocenters. The van der Waals surface area contributed by atoms with E-state index in [0.29, 0.717) is 16.8 Å². The summed E-state index contributed by atoms with van der Waals surface area (Å²) in [6, 6.07) is 7.84. The van der Waals surface area contributed by atoms with E-state index in [9.17, 15) is 14.3 Å². The minimum Gasteiger partial charge on any atom is -0.496 e. The van der Waals surface area contributed by atoms with Crippen molar-refractivity contribution in [2.24, 2.45) is 7.05 Å². The largest absolute Gasteiger partial charge is 0.496 e. The van der Waals surface area contributed by atoms with E-state index in [2.05, 4.69) is 16.8 Å². The molecule has 0 bridgehead atoms. The maximum atomic E-state index is 14.9. The molecule has 0 fully saturated rings. The number of hydrogen-bond donors (Lipinski definition) is 1. The molecule has 2 aromatic heterocycles. The third-order valence-electron chi connectivity index (χ3n) is 4.40. The quantitative estimate of drug-likeness (QED) is 0.688. The fourth-order valence-electron chi connectivity index (χ4n) is 2.97. The fraction of sp³-hybridized carbons (Fsp3) is 0.190. The zero-order valence-electron chi connectivity index (χ0n) is 16.0. The van der Waals surface area contributed by atoms with Crippen LogP contribution >= 0.6 is 0 Å². The van der Waals surface area contributed by atoms with Gasteiger partial charge in [0.05, 0.1) is 30.5 Å². The number of methoxy groups -OCH3 is 1. The molecule has 1 aromatic carbocycles. The van der Waals surface area contributed by atoms with E-state index in [1.807, 2.05) is 6.07 Å². The fourth-order valence-corrected chi connectivity index (χ4v) is 2.97. The van der Waals surface area contributed by atoms with Crippen LogP contribution < -0.4 is 10.3 Å². The van der Waals surface area contributed by atoms with Crippen molar-refractivity contribution in [2.75, 3.05) is 7.11 Å². The molecule has 0 amide bonds. The summed E-state index contributed by atoms with van der Waals surface area (Å²) < 4.78 is 22.5. The third-order valence-corrected chi connectivity index (χ3v) is 4.40. The van der Waals surface area contributed by atoms with Crippen LogP contribution in [0.5, 0.6) is 11.6 Å². The molecule has 2 heterocycles. The molecule has 0 unspecified atom stereocenters. The van der Waals surface area contributed by atoms with E-state index >= 15 is 0 Å². The first kappa shape index (κ1) is 19.7. The van der Waals surface area contributed by atoms with Crippen molar-refractivity contribution in [2.45, 2.75) is 13.5 Å². The summed E-state index contributed by atoms with van der Waals surface area (Å²) >= 11 is 0. The lowest BCUT2D eigenvalue weighted by Crippen LogP contribution is -2.23. The molecular formula is C21H17FN4O3. The van der Waals surface area contributed by atoms with Gasteiger partial charge in [-0.15, -0.1) is 5.92 Å². The summed E-state index contributed by atoms with van der Waals surface area (Å²) in [6.07, 6.45) is 1.39. The van der Waals surface area contributed by atoms with Crippen molar-refractivity contribution in [1.29, 1.82) is 5.26 Å². The average molecular weight is 392 g/mol. The van der Waals surface area contributed by atoms with Crippen molar-refractivity contribution in [3.8, 4) is 40.7 Å². The van der Waals surface area contributed by atoms with Gasteiger partial charge in [0.25, 0.3) is 5.56 Å². The molecule has 3 aromatic rings. The minimum atomic E-state index is -0.733. The van der Waals surface area contributed by atoms with Crippen LogP contribution in [0.4, 0.5) is 4.39 Å². The monoisotopic (exact) mass is 392 g/mol. The molecule has 146 valence electrons. The average Bonchev–Trinajstić information content (AvgIpc) is 2.92. The van der Waals surface area contributed by atoms with Gasteiger partial charge in [0, 0.05) is 18.8 Å². The Labute approximate surface area is 166 Å². The van der Waals surface area contributed by atoms with Gasteiger partial charge in [-0.2, -0.15) is 5.26 Å². The standard InChI is InChI=1S/C21H17FN4O3/c1-4-5-13-8-16(22)18(17(9-13)29-3)19-20(27)25(2)26(21(19)28)12-15-7-6-14(10-23)11-24-15/h6-9,11,27H,12H2,1-3H3. The Morgan fingerprint density at radius 3 is 2.62 bits per heavy atom. The molecule has 3 rings (SSSR count). The first-order valence-corrected chi connectivity index (χ1v) is 8.55. The van der Waals surface area contributed by atoms with Crippen LogP contribution in [0.25, 0.3) is 11.1 Å². The van der Waals surface area contributed by atoms with Crippen molar-refractivity contribution < 1.29 is 14.2 Å². The van der Waals surface area contributed by atoms with Gasteiger partial charge in [-0.05, 0) is 31.2 Å². The van der Waals surface area contributed by atoms with Gasteiger partial charge >= 0.3 is 0 Å². The summed E-state index contributed by atoms with van der Waals surface area (Å²) in [5.74, 6) is 4.36. The number of hydrogen-bond acceptors (Lipinski definition) is 5. The number of ether oxygens (including phenoxy) is 1. The van der Waals surface area contributed by atoms with Gasteiger partial charge in [0.1, 0.15) is 23.2 Å². The van der Waals surface area contributed by atoms with Crippen LogP contribution in [-0.4, -0.2) is 26.6 Å². The van der Waals surface area contributed by atoms with E-state index in [0.717, 1.165) is 0 Å². The molecule has 0 saturated carbocycles. The SMILES string of the molecule is CC#Cc1cc(F)c(-c2c(O)n(C)n(Cc3ccc(C#N)cn3)c2=O)c(OC)c1. The van der Waals surface area contributed by atoms with Gasteiger partial charge in [-0.3, -0.25) is 14.5 Å². The van der Waals surface area contributed by atoms with E-state index in [4.69, 9.17) is 10.00 Å². The topological polar surface area (TPSA) is 93.1 Å². The van der Waals surface area contributed by atoms with Gasteiger partial charge < -0.3 is 9.84 Å². The predicted molar refractivity (Wildman–Crippen MR) is 104 cm³/mol. The number of pyridine rings is 1. The van der Waals surface area contributed by atoms with Gasteiger partial charge in [0.2, 0.25) is 5.88 Å². The molecule has 0 radical (unpaired) electrons. The van der Waals surface area contributed by atoms with E-state index < -0.39 is 17.3 Å². The Morgan fingerprint density at radius 1 is 1.28 bits per heavy atom. The maximum absolute atomic E-state index is 14.9. The Hall–Kier alpha value is -4.04. The number of halogens is 1. The van der Waals surface area contributed by atoms with Crippen molar-refractivity contribution in [3.05, 3.63) is 63.5 Å². The molecule has 0 saturated heterocycles. The molecule has 29 heavy (non-hydrogen) atoms. The Kier molecular flexibility index (Phi) is 5.38. The van der Waals surface area contributed by atoms with E-state index in [-0.39, 0.29) is 23.4 Å². The van der Waals surface area contributed by atoms with Crippen molar-refractivity contribution >= 4 is 0 Å². The predicted octanol–water partition coefficient (Wildman–Crippen LogP) is 2.39. The van der Waals surface area contributed by atoms with Gasteiger partial charge in [-0.1, -0.05) is 5.92 Å². The molecule has 0 aliphatic heterocycles. The number of nitriles is 1. The summed E-state index contributed by atoms with van der Waals surface area (Å²) in [6.45, 7) is 1.65. The minimum absolute atomic E-state index is 0.0257. The highest BCUT2D eigenvalue weighted by Gasteiger charge is 2.25. The van der Waals surface area contributed by atoms with E-state index in [1.165, 1.54) is 41.9 Å². The molecule has 7 nitrogen and oxygen atoms in total. The highest BCUT2D eigenvalue weighted by Crippen LogP contribution is 2.36. The smallest absolute Gasteiger partial charge is 0.279 e. The summed E-state index contributed by atoms with van der Waals surface area (Å²) in [7, 11) is 2.83. The highest BCUT2D eigenvalue weighted by molar-refractivity contribution is 5.75. The Morgan fingerprint density at radius 2 is 2.03 bits per heavy atom. The zero-order chi connectivity index (χ0) is 21.1. The highest BCUT2D eigenvalue weighted by atomic mass is 19.1. The van der Waals surface area contributed by atoms with Gasteiger partial charge in [-0.25, -0.2) is 9.07 Å². The number of nitrogens with zero attached hydrogens (tertiary/aromatic N) is 4. The van der Waals surface area contributed by atoms with Crippen molar-refractivity contribution in [3.63, 3.8) is 0 Å². The molecule has 0 aliphatic rings. The van der Waals surface area contributed by atoms with Crippen LogP contribution in [0.2, 0.25) is 0 Å². The lowest BCUT2D eigenvalue weighted by atomic mass is 10.0. The van der Waals surface area contributed by atoms with Crippen LogP contribution in [0.1, 0.15) is 23.7 Å². The van der Waals surface area contributed by atoms with Gasteiger partial charge in [0.15, 0.2) is 0 Å². The molecule has 0 spiro atoms. The lowest BCUT2D eigenvalue weighted by Gasteiger charge is -2.09. The van der Waals surface area contributed by atoms with Crippen LogP contribution in [0.15, 0.2) is 35.3 Å². The number of aromatic hydroxyl groups is 1. The first-order chi connectivity index (χ1) is 13.9. The number of benzene rings is 1. The summed E-state index contributed by atoms with van der Waals surface area (Å²) in [4.78, 5) is 17.2. The van der Waals surface area contributed by atoms with Crippen molar-refractivity contribution in [1.82, 2.24) is 14.3 Å². The second-order valence-electron chi connectivity index (χ2n) is 6.15. The van der Waals surface area contributed by atoms with E-state index in [1.54, 1.807) is 19.1 Å². The normalized spacial score (nSPS) is 10.2. The second-order valence-corrected chi connectivity index (χ2v) is 6.15. The van der Waals surface area contributed by atoms with Crippen LogP contribution in [-0.2, 0) is 13.6 Å². The Balaban J connectivity index is 2.15. The second kappa shape index (κ2) is 7.91. The van der Waals surface area contributed by atoms with Crippen LogP contribution in [0, 0.1) is 29.0 Å². The van der Waals surface area contributed by atoms with Crippen LogP contribution in [0.3, 0.4) is 0 Å². The number of aromatic nitrogens is 3. The number of rotatable bonds is 4. The molecule has 1 N–H and O–H groups in total. The lowest BCUT2D eigenvalue weighted by molar-refractivity contribution is 0.388. The molecule has 0 aliphatic carbocycles. The third kappa shape index (κ3) is 3.56. The zero-order valence-corrected chi connectivity index (χ0v) is 16.0. The maximum Gasteiger partial charge on any atom is 0.279 e. The summed E-state index contributed by atoms with van der Waals surface area (Å²) in [5, 5.41) is 19.4. The molecule has 8 heteroatoms.